The second-order valence-electron chi connectivity index (χ2n) is 10.5. The first-order valence-electron chi connectivity index (χ1n) is 13.5. The molecule has 3 aliphatic heterocycles. The van der Waals surface area contributed by atoms with Crippen molar-refractivity contribution in [2.45, 2.75) is 62.0 Å². The molecule has 206 valence electrons. The summed E-state index contributed by atoms with van der Waals surface area (Å²) in [5, 5.41) is 0.488. The van der Waals surface area contributed by atoms with Gasteiger partial charge in [-0.2, -0.15) is 4.31 Å². The number of rotatable bonds is 8. The smallest absolute Gasteiger partial charge is 0.248 e. The highest BCUT2D eigenvalue weighted by atomic mass is 35.5. The van der Waals surface area contributed by atoms with Crippen molar-refractivity contribution >= 4 is 39.1 Å². The van der Waals surface area contributed by atoms with Gasteiger partial charge in [-0.25, -0.2) is 8.42 Å². The maximum absolute atomic E-state index is 13.7. The number of nitrogens with zero attached hydrogens (tertiary/aromatic N) is 3. The minimum Gasteiger partial charge on any atom is -0.370 e. The van der Waals surface area contributed by atoms with Crippen LogP contribution in [0.2, 0.25) is 10.0 Å². The fourth-order valence-corrected chi connectivity index (χ4v) is 7.90. The molecule has 2 unspecified atom stereocenters. The molecule has 0 spiro atoms. The van der Waals surface area contributed by atoms with Crippen LogP contribution in [0.1, 0.15) is 43.2 Å². The molecule has 0 aliphatic carbocycles. The third kappa shape index (κ3) is 6.21. The second kappa shape index (κ2) is 12.2. The van der Waals surface area contributed by atoms with Gasteiger partial charge in [0.25, 0.3) is 0 Å². The molecule has 5 rings (SSSR count). The van der Waals surface area contributed by atoms with E-state index >= 15 is 0 Å². The molecule has 3 aliphatic rings. The summed E-state index contributed by atoms with van der Waals surface area (Å²) in [6, 6.07) is 12.0. The average Bonchev–Trinajstić information content (AvgIpc) is 3.38. The Labute approximate surface area is 235 Å². The van der Waals surface area contributed by atoms with Crippen LogP contribution in [0.15, 0.2) is 47.4 Å². The first-order chi connectivity index (χ1) is 18.3. The van der Waals surface area contributed by atoms with E-state index in [0.717, 1.165) is 50.1 Å². The van der Waals surface area contributed by atoms with Crippen LogP contribution in [-0.2, 0) is 32.5 Å². The van der Waals surface area contributed by atoms with Gasteiger partial charge in [0.2, 0.25) is 15.9 Å². The Kier molecular flexibility index (Phi) is 8.97. The Morgan fingerprint density at radius 1 is 0.921 bits per heavy atom. The number of carbonyl (C=O) groups excluding carboxylic acids is 1. The van der Waals surface area contributed by atoms with Gasteiger partial charge in [0.15, 0.2) is 0 Å². The van der Waals surface area contributed by atoms with Crippen LogP contribution in [0.5, 0.6) is 0 Å². The predicted octanol–water partition coefficient (Wildman–Crippen LogP) is 4.60. The molecule has 0 radical (unpaired) electrons. The summed E-state index contributed by atoms with van der Waals surface area (Å²) in [5.74, 6) is -0.0143. The summed E-state index contributed by atoms with van der Waals surface area (Å²) in [6.45, 7) is 4.23. The number of sulfonamides is 1. The SMILES string of the molecule is O=C(COCC1Cc2ccccc2CN1S(=O)(=O)c1ccc(Cl)c(Cl)c1)N1CCCC1CN1CCCCC1. The molecule has 7 nitrogen and oxygen atoms in total. The third-order valence-electron chi connectivity index (χ3n) is 7.96. The van der Waals surface area contributed by atoms with Crippen molar-refractivity contribution in [2.24, 2.45) is 0 Å². The summed E-state index contributed by atoms with van der Waals surface area (Å²) < 4.78 is 34.8. The van der Waals surface area contributed by atoms with E-state index in [2.05, 4.69) is 4.90 Å². The Morgan fingerprint density at radius 2 is 1.68 bits per heavy atom. The van der Waals surface area contributed by atoms with Crippen LogP contribution in [-0.4, -0.2) is 79.9 Å². The topological polar surface area (TPSA) is 70.2 Å². The molecule has 0 saturated carbocycles. The van der Waals surface area contributed by atoms with E-state index in [1.807, 2.05) is 29.2 Å². The van der Waals surface area contributed by atoms with Crippen molar-refractivity contribution in [1.29, 1.82) is 0 Å². The minimum absolute atomic E-state index is 0.0143. The Balaban J connectivity index is 1.26. The molecule has 2 atom stereocenters. The van der Waals surface area contributed by atoms with Crippen molar-refractivity contribution in [3.05, 3.63) is 63.6 Å². The van der Waals surface area contributed by atoms with Gasteiger partial charge >= 0.3 is 0 Å². The summed E-state index contributed by atoms with van der Waals surface area (Å²) in [4.78, 5) is 17.7. The van der Waals surface area contributed by atoms with E-state index in [-0.39, 0.29) is 41.6 Å². The van der Waals surface area contributed by atoms with Gasteiger partial charge in [0.05, 0.1) is 27.6 Å². The molecular weight excluding hydrogens is 545 g/mol. The Bertz CT molecular complexity index is 1250. The highest BCUT2D eigenvalue weighted by Gasteiger charge is 2.37. The zero-order chi connectivity index (χ0) is 26.7. The predicted molar refractivity (Wildman–Crippen MR) is 149 cm³/mol. The monoisotopic (exact) mass is 579 g/mol. The highest BCUT2D eigenvalue weighted by molar-refractivity contribution is 7.89. The molecule has 0 bridgehead atoms. The van der Waals surface area contributed by atoms with Gasteiger partial charge in [-0.3, -0.25) is 4.79 Å². The lowest BCUT2D eigenvalue weighted by Gasteiger charge is -2.36. The molecule has 2 fully saturated rings. The van der Waals surface area contributed by atoms with Crippen LogP contribution in [0, 0.1) is 0 Å². The Hall–Kier alpha value is -1.68. The average molecular weight is 581 g/mol. The van der Waals surface area contributed by atoms with Crippen molar-refractivity contribution in [2.75, 3.05) is 39.4 Å². The summed E-state index contributed by atoms with van der Waals surface area (Å²) >= 11 is 12.2. The molecule has 1 amide bonds. The van der Waals surface area contributed by atoms with Gasteiger partial charge in [0.1, 0.15) is 6.61 Å². The number of benzene rings is 2. The van der Waals surface area contributed by atoms with Crippen LogP contribution < -0.4 is 0 Å². The lowest BCUT2D eigenvalue weighted by atomic mass is 9.96. The molecule has 2 saturated heterocycles. The highest BCUT2D eigenvalue weighted by Crippen LogP contribution is 2.32. The maximum Gasteiger partial charge on any atom is 0.248 e. The summed E-state index contributed by atoms with van der Waals surface area (Å²) in [6.07, 6.45) is 6.30. The van der Waals surface area contributed by atoms with Gasteiger partial charge in [-0.1, -0.05) is 53.9 Å². The summed E-state index contributed by atoms with van der Waals surface area (Å²) in [7, 11) is -3.88. The Morgan fingerprint density at radius 3 is 2.45 bits per heavy atom. The zero-order valence-corrected chi connectivity index (χ0v) is 23.9. The van der Waals surface area contributed by atoms with Crippen molar-refractivity contribution in [1.82, 2.24) is 14.1 Å². The van der Waals surface area contributed by atoms with E-state index in [9.17, 15) is 13.2 Å². The van der Waals surface area contributed by atoms with Crippen LogP contribution in [0.25, 0.3) is 0 Å². The van der Waals surface area contributed by atoms with E-state index in [0.29, 0.717) is 11.4 Å². The van der Waals surface area contributed by atoms with Gasteiger partial charge in [-0.05, 0) is 74.5 Å². The fraction of sp³-hybridized carbons (Fsp3) is 0.536. The number of halogens is 2. The van der Waals surface area contributed by atoms with E-state index < -0.39 is 16.1 Å². The molecule has 3 heterocycles. The molecule has 38 heavy (non-hydrogen) atoms. The van der Waals surface area contributed by atoms with E-state index in [1.54, 1.807) is 0 Å². The van der Waals surface area contributed by atoms with Crippen LogP contribution >= 0.6 is 23.2 Å². The van der Waals surface area contributed by atoms with Crippen molar-refractivity contribution in [3.8, 4) is 0 Å². The molecule has 0 aromatic heterocycles. The molecule has 2 aromatic rings. The van der Waals surface area contributed by atoms with Gasteiger partial charge < -0.3 is 14.5 Å². The number of ether oxygens (including phenoxy) is 1. The lowest BCUT2D eigenvalue weighted by molar-refractivity contribution is -0.137. The molecule has 0 N–H and O–H groups in total. The van der Waals surface area contributed by atoms with Crippen molar-refractivity contribution < 1.29 is 17.9 Å². The fourth-order valence-electron chi connectivity index (χ4n) is 5.92. The van der Waals surface area contributed by atoms with E-state index in [4.69, 9.17) is 27.9 Å². The number of hydrogen-bond donors (Lipinski definition) is 0. The molecular formula is C28H35Cl2N3O4S. The zero-order valence-electron chi connectivity index (χ0n) is 21.5. The standard InChI is InChI=1S/C28H35Cl2N3O4S/c29-26-11-10-25(16-27(26)30)38(35,36)33-17-22-8-3-2-7-21(22)15-24(33)19-37-20-28(34)32-14-6-9-23(32)18-31-12-4-1-5-13-31/h2-3,7-8,10-11,16,23-24H,1,4-6,9,12-15,17-20H2. The second-order valence-corrected chi connectivity index (χ2v) is 13.2. The quantitative estimate of drug-likeness (QED) is 0.457. The minimum atomic E-state index is -3.88. The van der Waals surface area contributed by atoms with Gasteiger partial charge in [0, 0.05) is 25.7 Å². The first kappa shape index (κ1) is 27.9. The third-order valence-corrected chi connectivity index (χ3v) is 10.6. The largest absolute Gasteiger partial charge is 0.370 e. The molecule has 10 heteroatoms. The first-order valence-corrected chi connectivity index (χ1v) is 15.7. The number of amides is 1. The number of fused-ring (bicyclic) bond motifs is 1. The maximum atomic E-state index is 13.7. The summed E-state index contributed by atoms with van der Waals surface area (Å²) in [5.41, 5.74) is 2.05. The number of likely N-dealkylation sites (tertiary alicyclic amines) is 2. The lowest BCUT2D eigenvalue weighted by Crippen LogP contribution is -2.48. The number of carbonyl (C=O) groups is 1. The van der Waals surface area contributed by atoms with Gasteiger partial charge in [-0.15, -0.1) is 0 Å². The van der Waals surface area contributed by atoms with Crippen LogP contribution in [0.3, 0.4) is 0 Å². The van der Waals surface area contributed by atoms with Crippen LogP contribution in [0.4, 0.5) is 0 Å². The van der Waals surface area contributed by atoms with Crippen molar-refractivity contribution in [3.63, 3.8) is 0 Å². The molecule has 2 aromatic carbocycles. The number of hydrogen-bond acceptors (Lipinski definition) is 5. The number of piperidine rings is 1. The normalized spacial score (nSPS) is 22.9. The van der Waals surface area contributed by atoms with E-state index in [1.165, 1.54) is 41.8 Å².